The molecule has 4 rings (SSSR count). The standard InChI is InChI=1S/C20H20N6OS/c1-26-17(10-12-23-26)15-7-2-6-14-13(15)5-3-8-16(14)19(27)22-11-4-9-18-24-25-20(21)28-18/h2-3,5-8,10,12H,4,9,11H2,1H3,(H2,21,25)(H,22,27). The number of nitrogens with zero attached hydrogens (tertiary/aromatic N) is 4. The van der Waals surface area contributed by atoms with Crippen molar-refractivity contribution in [2.45, 2.75) is 12.8 Å². The van der Waals surface area contributed by atoms with E-state index in [1.165, 1.54) is 11.3 Å². The third-order valence-corrected chi connectivity index (χ3v) is 5.41. The molecule has 2 heterocycles. The molecule has 3 N–H and O–H groups in total. The average Bonchev–Trinajstić information content (AvgIpc) is 3.32. The van der Waals surface area contributed by atoms with E-state index in [2.05, 4.69) is 26.7 Å². The molecule has 8 heteroatoms. The van der Waals surface area contributed by atoms with E-state index in [0.717, 1.165) is 39.9 Å². The highest BCUT2D eigenvalue weighted by Crippen LogP contribution is 2.30. The molecule has 0 bridgehead atoms. The van der Waals surface area contributed by atoms with E-state index in [4.69, 9.17) is 5.73 Å². The second-order valence-corrected chi connectivity index (χ2v) is 7.53. The Morgan fingerprint density at radius 2 is 1.96 bits per heavy atom. The SMILES string of the molecule is Cn1nccc1-c1cccc2c(C(=O)NCCCc3nnc(N)s3)cccc12. The van der Waals surface area contributed by atoms with Gasteiger partial charge in [-0.25, -0.2) is 0 Å². The van der Waals surface area contributed by atoms with E-state index in [9.17, 15) is 4.79 Å². The van der Waals surface area contributed by atoms with Crippen LogP contribution in [0.5, 0.6) is 0 Å². The number of nitrogen functional groups attached to an aromatic ring is 1. The van der Waals surface area contributed by atoms with Gasteiger partial charge in [0.1, 0.15) is 5.01 Å². The molecule has 1 amide bonds. The molecular weight excluding hydrogens is 372 g/mol. The minimum Gasteiger partial charge on any atom is -0.374 e. The van der Waals surface area contributed by atoms with Crippen LogP contribution in [0.2, 0.25) is 0 Å². The molecule has 0 unspecified atom stereocenters. The highest BCUT2D eigenvalue weighted by molar-refractivity contribution is 7.15. The number of benzene rings is 2. The highest BCUT2D eigenvalue weighted by atomic mass is 32.1. The monoisotopic (exact) mass is 392 g/mol. The molecule has 4 aromatic rings. The summed E-state index contributed by atoms with van der Waals surface area (Å²) < 4.78 is 1.84. The molecule has 0 aliphatic rings. The van der Waals surface area contributed by atoms with E-state index in [1.807, 2.05) is 48.1 Å². The normalized spacial score (nSPS) is 11.0. The Labute approximate surface area is 166 Å². The zero-order valence-electron chi connectivity index (χ0n) is 15.4. The maximum Gasteiger partial charge on any atom is 0.251 e. The first-order valence-corrected chi connectivity index (χ1v) is 9.81. The highest BCUT2D eigenvalue weighted by Gasteiger charge is 2.13. The zero-order valence-corrected chi connectivity index (χ0v) is 16.2. The van der Waals surface area contributed by atoms with Crippen LogP contribution in [0.25, 0.3) is 22.0 Å². The van der Waals surface area contributed by atoms with Crippen LogP contribution in [0.1, 0.15) is 21.8 Å². The van der Waals surface area contributed by atoms with Crippen LogP contribution in [-0.2, 0) is 13.5 Å². The van der Waals surface area contributed by atoms with E-state index >= 15 is 0 Å². The number of fused-ring (bicyclic) bond motifs is 1. The molecule has 2 aromatic heterocycles. The number of anilines is 1. The van der Waals surface area contributed by atoms with Crippen molar-refractivity contribution in [1.82, 2.24) is 25.3 Å². The van der Waals surface area contributed by atoms with Gasteiger partial charge in [0.25, 0.3) is 5.91 Å². The van der Waals surface area contributed by atoms with Crippen molar-refractivity contribution in [2.75, 3.05) is 12.3 Å². The minimum atomic E-state index is -0.0791. The number of aryl methyl sites for hydroxylation is 2. The van der Waals surface area contributed by atoms with E-state index in [-0.39, 0.29) is 5.91 Å². The third-order valence-electron chi connectivity index (χ3n) is 4.60. The fourth-order valence-corrected chi connectivity index (χ4v) is 3.92. The number of rotatable bonds is 6. The number of hydrogen-bond donors (Lipinski definition) is 2. The third kappa shape index (κ3) is 3.59. The quantitative estimate of drug-likeness (QED) is 0.492. The minimum absolute atomic E-state index is 0.0791. The summed E-state index contributed by atoms with van der Waals surface area (Å²) >= 11 is 1.38. The van der Waals surface area contributed by atoms with Crippen molar-refractivity contribution in [3.8, 4) is 11.3 Å². The second kappa shape index (κ2) is 7.77. The van der Waals surface area contributed by atoms with Gasteiger partial charge in [-0.15, -0.1) is 10.2 Å². The predicted octanol–water partition coefficient (Wildman–Crippen LogP) is 3.04. The van der Waals surface area contributed by atoms with Gasteiger partial charge in [-0.1, -0.05) is 41.7 Å². The van der Waals surface area contributed by atoms with Gasteiger partial charge in [0.05, 0.1) is 5.69 Å². The van der Waals surface area contributed by atoms with Gasteiger partial charge in [-0.3, -0.25) is 9.48 Å². The van der Waals surface area contributed by atoms with Crippen molar-refractivity contribution < 1.29 is 4.79 Å². The summed E-state index contributed by atoms with van der Waals surface area (Å²) in [6.45, 7) is 0.566. The van der Waals surface area contributed by atoms with Crippen LogP contribution in [0.15, 0.2) is 48.7 Å². The van der Waals surface area contributed by atoms with E-state index in [1.54, 1.807) is 6.20 Å². The van der Waals surface area contributed by atoms with Crippen molar-refractivity contribution in [1.29, 1.82) is 0 Å². The van der Waals surface area contributed by atoms with Crippen LogP contribution in [0.3, 0.4) is 0 Å². The second-order valence-electron chi connectivity index (χ2n) is 6.44. The summed E-state index contributed by atoms with van der Waals surface area (Å²) in [5.74, 6) is -0.0791. The lowest BCUT2D eigenvalue weighted by atomic mass is 9.98. The largest absolute Gasteiger partial charge is 0.374 e. The van der Waals surface area contributed by atoms with Crippen LogP contribution >= 0.6 is 11.3 Å². The fourth-order valence-electron chi connectivity index (χ4n) is 3.27. The summed E-state index contributed by atoms with van der Waals surface area (Å²) in [7, 11) is 1.91. The molecule has 0 saturated heterocycles. The number of carbonyl (C=O) groups excluding carboxylic acids is 1. The first-order chi connectivity index (χ1) is 13.6. The van der Waals surface area contributed by atoms with Gasteiger partial charge in [-0.05, 0) is 29.3 Å². The van der Waals surface area contributed by atoms with Gasteiger partial charge in [0.2, 0.25) is 5.13 Å². The summed E-state index contributed by atoms with van der Waals surface area (Å²) in [5, 5.41) is 18.4. The molecule has 2 aromatic carbocycles. The fraction of sp³-hybridized carbons (Fsp3) is 0.200. The van der Waals surface area contributed by atoms with Crippen LogP contribution in [-0.4, -0.2) is 32.4 Å². The molecule has 28 heavy (non-hydrogen) atoms. The lowest BCUT2D eigenvalue weighted by molar-refractivity contribution is 0.0955. The van der Waals surface area contributed by atoms with Gasteiger partial charge >= 0.3 is 0 Å². The molecule has 0 radical (unpaired) electrons. The predicted molar refractivity (Wildman–Crippen MR) is 111 cm³/mol. The van der Waals surface area contributed by atoms with Gasteiger partial charge in [-0.2, -0.15) is 5.10 Å². The van der Waals surface area contributed by atoms with Crippen molar-refractivity contribution in [3.63, 3.8) is 0 Å². The van der Waals surface area contributed by atoms with Crippen molar-refractivity contribution >= 4 is 33.1 Å². The molecule has 0 spiro atoms. The Balaban J connectivity index is 1.52. The number of hydrogen-bond acceptors (Lipinski definition) is 6. The number of carbonyl (C=O) groups is 1. The maximum absolute atomic E-state index is 12.8. The number of nitrogens with two attached hydrogens (primary N) is 1. The first kappa shape index (κ1) is 18.1. The van der Waals surface area contributed by atoms with Crippen LogP contribution in [0, 0.1) is 0 Å². The van der Waals surface area contributed by atoms with E-state index in [0.29, 0.717) is 17.2 Å². The smallest absolute Gasteiger partial charge is 0.251 e. The van der Waals surface area contributed by atoms with Gasteiger partial charge < -0.3 is 11.1 Å². The van der Waals surface area contributed by atoms with Crippen LogP contribution in [0.4, 0.5) is 5.13 Å². The van der Waals surface area contributed by atoms with Crippen molar-refractivity contribution in [2.24, 2.45) is 7.05 Å². The first-order valence-electron chi connectivity index (χ1n) is 8.99. The summed E-state index contributed by atoms with van der Waals surface area (Å²) in [5.41, 5.74) is 8.32. The average molecular weight is 392 g/mol. The lowest BCUT2D eigenvalue weighted by Crippen LogP contribution is -2.25. The molecule has 7 nitrogen and oxygen atoms in total. The van der Waals surface area contributed by atoms with Crippen molar-refractivity contribution in [3.05, 3.63) is 59.2 Å². The molecule has 0 atom stereocenters. The lowest BCUT2D eigenvalue weighted by Gasteiger charge is -2.11. The van der Waals surface area contributed by atoms with Gasteiger partial charge in [0, 0.05) is 37.3 Å². The summed E-state index contributed by atoms with van der Waals surface area (Å²) in [4.78, 5) is 12.8. The zero-order chi connectivity index (χ0) is 19.5. The topological polar surface area (TPSA) is 98.7 Å². The molecule has 0 fully saturated rings. The Morgan fingerprint density at radius 1 is 1.14 bits per heavy atom. The van der Waals surface area contributed by atoms with Gasteiger partial charge in [0.15, 0.2) is 0 Å². The summed E-state index contributed by atoms with van der Waals surface area (Å²) in [6.07, 6.45) is 3.30. The molecule has 142 valence electrons. The number of aromatic nitrogens is 4. The number of nitrogens with one attached hydrogen (secondary N) is 1. The maximum atomic E-state index is 12.8. The Hall–Kier alpha value is -3.26. The molecule has 0 aliphatic heterocycles. The summed E-state index contributed by atoms with van der Waals surface area (Å²) in [6, 6.07) is 13.8. The Bertz CT molecular complexity index is 1130. The van der Waals surface area contributed by atoms with E-state index < -0.39 is 0 Å². The molecule has 0 saturated carbocycles. The Morgan fingerprint density at radius 3 is 2.71 bits per heavy atom. The Kier molecular flexibility index (Phi) is 5.03. The molecule has 0 aliphatic carbocycles. The molecular formula is C20H20N6OS. The van der Waals surface area contributed by atoms with Crippen LogP contribution < -0.4 is 11.1 Å². The number of amides is 1.